The van der Waals surface area contributed by atoms with Crippen molar-refractivity contribution in [2.45, 2.75) is 196 Å². The number of ether oxygens (including phenoxy) is 4. The lowest BCUT2D eigenvalue weighted by Crippen LogP contribution is -2.59. The Hall–Kier alpha value is -4.78. The predicted octanol–water partition coefficient (Wildman–Crippen LogP) is 3.40. The molecule has 20 nitrogen and oxygen atoms in total. The Morgan fingerprint density at radius 3 is 1.99 bits per heavy atom. The van der Waals surface area contributed by atoms with E-state index < -0.39 is 135 Å². The van der Waals surface area contributed by atoms with Gasteiger partial charge in [-0.05, 0) is 89.0 Å². The number of allylic oxidation sites excluding steroid dienone is 10. The standard InChI is InChI=1S/C57H86N2O18/c1-5-7-8-9-10-11-12-13-14-17-35(3)54(36(4)20-25-41(62)29-46(66)37-21-23-38(58)24-22-37)76-50(69)30-43(64)28-42(63)26-39(60)18-15-19-40(61)27-44(65)32-57(73)33-47(67)51(55(71)72)49(77-57)31-45(16-6-2)75-56-53(70)52(59)48(68)34-74-56/h5-14,16-17,21-24,35-36,39-42,44-45,47-49,51-54,56,60-63,65,67-68,70,73H,15,18-20,25-34,58-59H2,1-4H3,(H,71,72)/b7-5+,9-8+,11-10+,13-12+,16-6+,17-14+/t35?,36?,39?,40?,41?,42?,44?,45?,47?,48-,49?,51?,52+,53+,54?,56+,57?/m1/s1. The summed E-state index contributed by atoms with van der Waals surface area (Å²) in [6.07, 6.45) is 5.30. The number of anilines is 1. The fraction of sp³-hybridized carbons (Fsp3) is 0.614. The second-order valence-electron chi connectivity index (χ2n) is 20.5. The number of esters is 1. The van der Waals surface area contributed by atoms with Gasteiger partial charge in [0.15, 0.2) is 17.9 Å². The van der Waals surface area contributed by atoms with Crippen LogP contribution in [0.2, 0.25) is 0 Å². The van der Waals surface area contributed by atoms with Crippen LogP contribution >= 0.6 is 0 Å². The summed E-state index contributed by atoms with van der Waals surface area (Å²) in [6, 6.07) is 5.34. The lowest BCUT2D eigenvalue weighted by Gasteiger charge is -2.45. The summed E-state index contributed by atoms with van der Waals surface area (Å²) < 4.78 is 23.0. The van der Waals surface area contributed by atoms with Gasteiger partial charge in [-0.25, -0.2) is 0 Å². The molecule has 432 valence electrons. The highest BCUT2D eigenvalue weighted by atomic mass is 16.7. The van der Waals surface area contributed by atoms with Crippen molar-refractivity contribution in [1.82, 2.24) is 0 Å². The van der Waals surface area contributed by atoms with E-state index in [1.807, 2.05) is 81.5 Å². The number of ketones is 2. The zero-order chi connectivity index (χ0) is 57.2. The van der Waals surface area contributed by atoms with E-state index in [1.165, 1.54) is 6.08 Å². The number of benzene rings is 1. The van der Waals surface area contributed by atoms with Gasteiger partial charge in [0, 0.05) is 49.3 Å². The number of nitrogen functional groups attached to an aromatic ring is 1. The van der Waals surface area contributed by atoms with Gasteiger partial charge in [0.1, 0.15) is 30.3 Å². The Morgan fingerprint density at radius 1 is 0.766 bits per heavy atom. The number of rotatable bonds is 34. The van der Waals surface area contributed by atoms with Crippen molar-refractivity contribution in [3.8, 4) is 0 Å². The molecule has 2 saturated heterocycles. The van der Waals surface area contributed by atoms with Crippen LogP contribution in [0.4, 0.5) is 5.69 Å². The third-order valence-corrected chi connectivity index (χ3v) is 13.6. The van der Waals surface area contributed by atoms with Crippen molar-refractivity contribution in [3.05, 3.63) is 103 Å². The SMILES string of the molecule is C/C=C/C=C/C=C/C=C/C=C/C(C)C(OC(=O)CC(=O)CC(O)CC(O)CCCC(O)CC(O)CC1(O)CC(O)C(C(=O)O)C(CC(/C=C/C)O[C@@H]2OC[C@@H](O)[C@H](N)[C@@H]2O)O1)C(C)CCC(O)CC(=O)c1ccc(N)cc1. The first kappa shape index (κ1) is 66.5. The van der Waals surface area contributed by atoms with Gasteiger partial charge in [-0.1, -0.05) is 86.8 Å². The first-order valence-electron chi connectivity index (χ1n) is 26.6. The second-order valence-corrected chi connectivity index (χ2v) is 20.5. The Kier molecular flexibility index (Phi) is 29.6. The van der Waals surface area contributed by atoms with Crippen molar-refractivity contribution in [2.24, 2.45) is 23.5 Å². The fourth-order valence-electron chi connectivity index (χ4n) is 9.47. The molecule has 3 rings (SSSR count). The molecule has 0 radical (unpaired) electrons. The normalized spacial score (nSPS) is 27.0. The van der Waals surface area contributed by atoms with Crippen molar-refractivity contribution in [2.75, 3.05) is 12.3 Å². The summed E-state index contributed by atoms with van der Waals surface area (Å²) in [5, 5.41) is 107. The van der Waals surface area contributed by atoms with E-state index in [1.54, 1.807) is 37.3 Å². The summed E-state index contributed by atoms with van der Waals surface area (Å²) in [5.74, 6) is -7.47. The number of hydrogen-bond donors (Lipinski definition) is 12. The fourth-order valence-corrected chi connectivity index (χ4v) is 9.47. The van der Waals surface area contributed by atoms with Crippen molar-refractivity contribution < 1.29 is 89.2 Å². The molecule has 0 bridgehead atoms. The minimum atomic E-state index is -2.23. The Labute approximate surface area is 452 Å². The minimum absolute atomic E-state index is 0.0781. The van der Waals surface area contributed by atoms with Crippen LogP contribution in [0.25, 0.3) is 0 Å². The van der Waals surface area contributed by atoms with Crippen LogP contribution in [0.3, 0.4) is 0 Å². The number of aliphatic hydroxyl groups is 9. The molecule has 13 unspecified atom stereocenters. The van der Waals surface area contributed by atoms with E-state index in [4.69, 9.17) is 30.4 Å². The number of Topliss-reactive ketones (excluding diaryl/α,β-unsaturated/α-hetero) is 2. The largest absolute Gasteiger partial charge is 0.481 e. The smallest absolute Gasteiger partial charge is 0.313 e. The average molecular weight is 1090 g/mol. The Bertz CT molecular complexity index is 2130. The number of carboxylic acids is 1. The van der Waals surface area contributed by atoms with E-state index >= 15 is 0 Å². The molecule has 77 heavy (non-hydrogen) atoms. The van der Waals surface area contributed by atoms with E-state index in [2.05, 4.69) is 0 Å². The molecule has 0 spiro atoms. The number of aliphatic carboxylic acids is 1. The van der Waals surface area contributed by atoms with Crippen LogP contribution in [0, 0.1) is 17.8 Å². The zero-order valence-electron chi connectivity index (χ0n) is 44.8. The predicted molar refractivity (Wildman–Crippen MR) is 286 cm³/mol. The van der Waals surface area contributed by atoms with Crippen LogP contribution in [0.1, 0.15) is 122 Å². The Balaban J connectivity index is 1.49. The maximum Gasteiger partial charge on any atom is 0.313 e. The number of carbonyl (C=O) groups excluding carboxylic acids is 3. The lowest BCUT2D eigenvalue weighted by molar-refractivity contribution is -0.305. The quantitative estimate of drug-likeness (QED) is 0.0117. The molecule has 2 fully saturated rings. The van der Waals surface area contributed by atoms with E-state index in [9.17, 15) is 70.2 Å². The molecule has 0 saturated carbocycles. The highest BCUT2D eigenvalue weighted by Crippen LogP contribution is 2.38. The highest BCUT2D eigenvalue weighted by Gasteiger charge is 2.50. The van der Waals surface area contributed by atoms with Gasteiger partial charge in [-0.3, -0.25) is 19.2 Å². The molecular weight excluding hydrogens is 1000 g/mol. The molecular formula is C57H86N2O18. The molecule has 1 aromatic carbocycles. The third kappa shape index (κ3) is 24.4. The van der Waals surface area contributed by atoms with Gasteiger partial charge in [-0.2, -0.15) is 0 Å². The second kappa shape index (κ2) is 34.3. The molecule has 14 N–H and O–H groups in total. The first-order valence-corrected chi connectivity index (χ1v) is 26.6. The number of carbonyl (C=O) groups is 4. The van der Waals surface area contributed by atoms with Gasteiger partial charge >= 0.3 is 11.9 Å². The third-order valence-electron chi connectivity index (χ3n) is 13.6. The van der Waals surface area contributed by atoms with Crippen LogP contribution < -0.4 is 11.5 Å². The summed E-state index contributed by atoms with van der Waals surface area (Å²) >= 11 is 0. The maximum absolute atomic E-state index is 13.2. The van der Waals surface area contributed by atoms with Gasteiger partial charge in [0.2, 0.25) is 0 Å². The zero-order valence-corrected chi connectivity index (χ0v) is 44.8. The number of carboxylic acid groups (broad SMARTS) is 1. The molecule has 0 aromatic heterocycles. The summed E-state index contributed by atoms with van der Waals surface area (Å²) in [4.78, 5) is 51.3. The molecule has 17 atom stereocenters. The first-order chi connectivity index (χ1) is 36.4. The van der Waals surface area contributed by atoms with Gasteiger partial charge < -0.3 is 81.5 Å². The molecule has 0 aliphatic carbocycles. The van der Waals surface area contributed by atoms with Crippen molar-refractivity contribution in [1.29, 1.82) is 0 Å². The van der Waals surface area contributed by atoms with Crippen LogP contribution in [0.5, 0.6) is 0 Å². The number of nitrogens with two attached hydrogens (primary N) is 2. The maximum atomic E-state index is 13.2. The monoisotopic (exact) mass is 1090 g/mol. The number of aliphatic hydroxyl groups excluding tert-OH is 8. The van der Waals surface area contributed by atoms with Gasteiger partial charge in [-0.15, -0.1) is 0 Å². The average Bonchev–Trinajstić information content (AvgIpc) is 3.34. The number of hydrogen-bond acceptors (Lipinski definition) is 19. The van der Waals surface area contributed by atoms with Crippen molar-refractivity contribution in [3.63, 3.8) is 0 Å². The van der Waals surface area contributed by atoms with Crippen LogP contribution in [-0.2, 0) is 33.3 Å². The molecule has 0 amide bonds. The van der Waals surface area contributed by atoms with Gasteiger partial charge in [0.25, 0.3) is 0 Å². The molecule has 2 heterocycles. The van der Waals surface area contributed by atoms with Crippen molar-refractivity contribution >= 4 is 29.2 Å². The molecule has 2 aliphatic rings. The minimum Gasteiger partial charge on any atom is -0.481 e. The molecule has 20 heteroatoms. The summed E-state index contributed by atoms with van der Waals surface area (Å²) in [7, 11) is 0. The molecule has 2 aliphatic heterocycles. The van der Waals surface area contributed by atoms with E-state index in [0.29, 0.717) is 17.7 Å². The lowest BCUT2D eigenvalue weighted by atomic mass is 9.83. The summed E-state index contributed by atoms with van der Waals surface area (Å²) in [6.45, 7) is 7.06. The highest BCUT2D eigenvalue weighted by molar-refractivity contribution is 5.96. The van der Waals surface area contributed by atoms with Gasteiger partial charge in [0.05, 0.1) is 67.6 Å². The van der Waals surface area contributed by atoms with E-state index in [0.717, 1.165) is 0 Å². The Morgan fingerprint density at radius 2 is 1.38 bits per heavy atom. The summed E-state index contributed by atoms with van der Waals surface area (Å²) in [5.41, 5.74) is 12.5. The van der Waals surface area contributed by atoms with E-state index in [-0.39, 0.29) is 75.6 Å². The molecule has 1 aromatic rings. The topological polar surface area (TPSA) is 360 Å². The van der Waals surface area contributed by atoms with Crippen LogP contribution in [-0.4, -0.2) is 166 Å². The van der Waals surface area contributed by atoms with Crippen LogP contribution in [0.15, 0.2) is 97.2 Å².